The quantitative estimate of drug-likeness (QED) is 0.897. The molecular weight excluding hydrogens is 252 g/mol. The fraction of sp³-hybridized carbons (Fsp3) is 0.500. The van der Waals surface area contributed by atoms with E-state index in [0.717, 1.165) is 31.5 Å². The van der Waals surface area contributed by atoms with E-state index in [1.807, 2.05) is 19.1 Å². The van der Waals surface area contributed by atoms with Gasteiger partial charge >= 0.3 is 0 Å². The Morgan fingerprint density at radius 2 is 2.25 bits per heavy atom. The third kappa shape index (κ3) is 3.38. The van der Waals surface area contributed by atoms with Gasteiger partial charge in [-0.2, -0.15) is 0 Å². The highest BCUT2D eigenvalue weighted by Crippen LogP contribution is 2.22. The van der Waals surface area contributed by atoms with Crippen molar-refractivity contribution in [2.45, 2.75) is 45.6 Å². The number of nitrogens with one attached hydrogen (secondary N) is 1. The predicted octanol–water partition coefficient (Wildman–Crippen LogP) is 2.73. The molecule has 1 atom stereocenters. The molecule has 2 rings (SSSR count). The molecule has 4 heteroatoms. The van der Waals surface area contributed by atoms with Crippen LogP contribution in [0.4, 0.5) is 5.69 Å². The summed E-state index contributed by atoms with van der Waals surface area (Å²) in [5.74, 6) is 0.0707. The summed E-state index contributed by atoms with van der Waals surface area (Å²) in [5.41, 5.74) is 1.44. The van der Waals surface area contributed by atoms with Gasteiger partial charge in [-0.3, -0.25) is 9.59 Å². The zero-order valence-corrected chi connectivity index (χ0v) is 12.2. The molecule has 1 aliphatic heterocycles. The van der Waals surface area contributed by atoms with Gasteiger partial charge in [0.25, 0.3) is 5.91 Å². The van der Waals surface area contributed by atoms with E-state index in [2.05, 4.69) is 12.2 Å². The molecule has 20 heavy (non-hydrogen) atoms. The van der Waals surface area contributed by atoms with Crippen LogP contribution in [0, 0.1) is 0 Å². The van der Waals surface area contributed by atoms with Crippen LogP contribution >= 0.6 is 0 Å². The minimum absolute atomic E-state index is 0.0700. The van der Waals surface area contributed by atoms with Crippen LogP contribution in [0.1, 0.15) is 49.9 Å². The standard InChI is InChI=1S/C16H22N2O2/c1-3-6-12(2)17-16(20)13-7-4-8-14(11-13)18-10-5-9-15(18)19/h4,7-8,11-12H,3,5-6,9-10H2,1-2H3,(H,17,20). The molecule has 1 saturated heterocycles. The normalized spacial score (nSPS) is 16.3. The Hall–Kier alpha value is -1.84. The summed E-state index contributed by atoms with van der Waals surface area (Å²) < 4.78 is 0. The number of amides is 2. The lowest BCUT2D eigenvalue weighted by Crippen LogP contribution is -2.32. The van der Waals surface area contributed by atoms with Crippen LogP contribution in [0.25, 0.3) is 0 Å². The lowest BCUT2D eigenvalue weighted by Gasteiger charge is -2.17. The summed E-state index contributed by atoms with van der Waals surface area (Å²) in [6.07, 6.45) is 3.51. The molecule has 1 heterocycles. The Bertz CT molecular complexity index is 499. The van der Waals surface area contributed by atoms with Crippen molar-refractivity contribution in [3.63, 3.8) is 0 Å². The van der Waals surface area contributed by atoms with E-state index < -0.39 is 0 Å². The highest BCUT2D eigenvalue weighted by Gasteiger charge is 2.22. The lowest BCUT2D eigenvalue weighted by molar-refractivity contribution is -0.117. The number of nitrogens with zero attached hydrogens (tertiary/aromatic N) is 1. The van der Waals surface area contributed by atoms with Gasteiger partial charge in [-0.25, -0.2) is 0 Å². The van der Waals surface area contributed by atoms with E-state index in [9.17, 15) is 9.59 Å². The van der Waals surface area contributed by atoms with Crippen LogP contribution in [-0.4, -0.2) is 24.4 Å². The lowest BCUT2D eigenvalue weighted by atomic mass is 10.1. The fourth-order valence-corrected chi connectivity index (χ4v) is 2.55. The molecule has 1 aliphatic rings. The van der Waals surface area contributed by atoms with E-state index in [-0.39, 0.29) is 17.9 Å². The number of rotatable bonds is 5. The molecule has 4 nitrogen and oxygen atoms in total. The molecule has 0 aromatic heterocycles. The largest absolute Gasteiger partial charge is 0.350 e. The molecular formula is C16H22N2O2. The maximum atomic E-state index is 12.2. The van der Waals surface area contributed by atoms with Gasteiger partial charge in [0, 0.05) is 30.3 Å². The summed E-state index contributed by atoms with van der Waals surface area (Å²) in [6.45, 7) is 4.85. The van der Waals surface area contributed by atoms with Crippen molar-refractivity contribution in [3.8, 4) is 0 Å². The summed E-state index contributed by atoms with van der Waals surface area (Å²) in [7, 11) is 0. The van der Waals surface area contributed by atoms with Crippen molar-refractivity contribution in [3.05, 3.63) is 29.8 Å². The summed E-state index contributed by atoms with van der Waals surface area (Å²) in [4.78, 5) is 25.7. The van der Waals surface area contributed by atoms with Crippen molar-refractivity contribution in [2.75, 3.05) is 11.4 Å². The second-order valence-corrected chi connectivity index (χ2v) is 5.36. The van der Waals surface area contributed by atoms with Gasteiger partial charge in [0.2, 0.25) is 5.91 Å². The zero-order chi connectivity index (χ0) is 14.5. The highest BCUT2D eigenvalue weighted by molar-refractivity contribution is 5.99. The van der Waals surface area contributed by atoms with Crippen LogP contribution in [0.2, 0.25) is 0 Å². The van der Waals surface area contributed by atoms with Crippen LogP contribution < -0.4 is 10.2 Å². The average Bonchev–Trinajstić information content (AvgIpc) is 2.85. The zero-order valence-electron chi connectivity index (χ0n) is 12.2. The fourth-order valence-electron chi connectivity index (χ4n) is 2.55. The highest BCUT2D eigenvalue weighted by atomic mass is 16.2. The maximum Gasteiger partial charge on any atom is 0.251 e. The van der Waals surface area contributed by atoms with Gasteiger partial charge in [-0.15, -0.1) is 0 Å². The van der Waals surface area contributed by atoms with Crippen LogP contribution in [0.3, 0.4) is 0 Å². The molecule has 0 spiro atoms. The molecule has 1 aromatic rings. The van der Waals surface area contributed by atoms with Crippen molar-refractivity contribution in [1.29, 1.82) is 0 Å². The Morgan fingerprint density at radius 1 is 1.45 bits per heavy atom. The maximum absolute atomic E-state index is 12.2. The smallest absolute Gasteiger partial charge is 0.251 e. The van der Waals surface area contributed by atoms with Gasteiger partial charge < -0.3 is 10.2 Å². The number of carbonyl (C=O) groups is 2. The molecule has 1 N–H and O–H groups in total. The Labute approximate surface area is 120 Å². The number of anilines is 1. The SMILES string of the molecule is CCCC(C)NC(=O)c1cccc(N2CCCC2=O)c1. The van der Waals surface area contributed by atoms with Gasteiger partial charge in [0.1, 0.15) is 0 Å². The minimum Gasteiger partial charge on any atom is -0.350 e. The first-order valence-corrected chi connectivity index (χ1v) is 7.33. The van der Waals surface area contributed by atoms with Crippen LogP contribution in [-0.2, 0) is 4.79 Å². The minimum atomic E-state index is -0.0700. The summed E-state index contributed by atoms with van der Waals surface area (Å²) >= 11 is 0. The molecule has 0 bridgehead atoms. The molecule has 108 valence electrons. The third-order valence-electron chi connectivity index (χ3n) is 3.59. The van der Waals surface area contributed by atoms with Gasteiger partial charge in [0.15, 0.2) is 0 Å². The first-order valence-electron chi connectivity index (χ1n) is 7.33. The first kappa shape index (κ1) is 14.6. The van der Waals surface area contributed by atoms with E-state index in [1.54, 1.807) is 17.0 Å². The molecule has 1 aromatic carbocycles. The van der Waals surface area contributed by atoms with Crippen molar-refractivity contribution < 1.29 is 9.59 Å². The predicted molar refractivity (Wildman–Crippen MR) is 79.9 cm³/mol. The van der Waals surface area contributed by atoms with Crippen molar-refractivity contribution in [2.24, 2.45) is 0 Å². The van der Waals surface area contributed by atoms with E-state index in [4.69, 9.17) is 0 Å². The molecule has 1 unspecified atom stereocenters. The monoisotopic (exact) mass is 274 g/mol. The molecule has 0 radical (unpaired) electrons. The Balaban J connectivity index is 2.09. The number of hydrogen-bond donors (Lipinski definition) is 1. The number of carbonyl (C=O) groups excluding carboxylic acids is 2. The molecule has 0 aliphatic carbocycles. The van der Waals surface area contributed by atoms with E-state index >= 15 is 0 Å². The Morgan fingerprint density at radius 3 is 2.90 bits per heavy atom. The summed E-state index contributed by atoms with van der Waals surface area (Å²) in [6, 6.07) is 7.48. The molecule has 2 amide bonds. The van der Waals surface area contributed by atoms with Gasteiger partial charge in [-0.05, 0) is 38.0 Å². The molecule has 0 saturated carbocycles. The van der Waals surface area contributed by atoms with Crippen LogP contribution in [0.15, 0.2) is 24.3 Å². The topological polar surface area (TPSA) is 49.4 Å². The third-order valence-corrected chi connectivity index (χ3v) is 3.59. The Kier molecular flexibility index (Phi) is 4.77. The van der Waals surface area contributed by atoms with Gasteiger partial charge in [0.05, 0.1) is 0 Å². The second-order valence-electron chi connectivity index (χ2n) is 5.36. The average molecular weight is 274 g/mol. The van der Waals surface area contributed by atoms with Gasteiger partial charge in [-0.1, -0.05) is 19.4 Å². The van der Waals surface area contributed by atoms with Crippen LogP contribution in [0.5, 0.6) is 0 Å². The van der Waals surface area contributed by atoms with Crippen molar-refractivity contribution >= 4 is 17.5 Å². The first-order chi connectivity index (χ1) is 9.61. The number of benzene rings is 1. The molecule has 1 fully saturated rings. The van der Waals surface area contributed by atoms with Crippen molar-refractivity contribution in [1.82, 2.24) is 5.32 Å². The number of hydrogen-bond acceptors (Lipinski definition) is 2. The van der Waals surface area contributed by atoms with E-state index in [1.165, 1.54) is 0 Å². The van der Waals surface area contributed by atoms with E-state index in [0.29, 0.717) is 12.0 Å². The second kappa shape index (κ2) is 6.55. The summed E-state index contributed by atoms with van der Waals surface area (Å²) in [5, 5.41) is 2.98.